The molecule has 13 atom stereocenters. The maximum absolute atomic E-state index is 14.9. The molecule has 12 heterocycles. The summed E-state index contributed by atoms with van der Waals surface area (Å²) in [7, 11) is 0. The molecule has 0 aromatic carbocycles. The zero-order valence-electron chi connectivity index (χ0n) is 52.3. The number of nitrogens with two attached hydrogens (primary N) is 1. The Bertz CT molecular complexity index is 3030. The number of rotatable bonds is 13. The Hall–Kier alpha value is -7.58. The molecule has 0 spiro atoms. The molecule has 13 amide bonds. The Kier molecular flexibility index (Phi) is 18.6. The van der Waals surface area contributed by atoms with Gasteiger partial charge in [-0.2, -0.15) is 0 Å². The predicted molar refractivity (Wildman–Crippen MR) is 320 cm³/mol. The molecule has 0 radical (unpaired) electrons. The summed E-state index contributed by atoms with van der Waals surface area (Å²) in [5.41, 5.74) is 14.7. The van der Waals surface area contributed by atoms with E-state index in [4.69, 9.17) is 11.3 Å². The van der Waals surface area contributed by atoms with Crippen molar-refractivity contribution in [3.05, 3.63) is 10.4 Å². The van der Waals surface area contributed by atoms with Crippen LogP contribution in [0.15, 0.2) is 5.11 Å². The quantitative estimate of drug-likeness (QED) is 0.141. The Labute approximate surface area is 529 Å². The molecule has 0 aliphatic carbocycles. The highest BCUT2D eigenvalue weighted by atomic mass is 16.2. The summed E-state index contributed by atoms with van der Waals surface area (Å²) >= 11 is 0. The van der Waals surface area contributed by atoms with Gasteiger partial charge in [0.15, 0.2) is 0 Å². The van der Waals surface area contributed by atoms with Gasteiger partial charge in [0.2, 0.25) is 76.8 Å². The normalized spacial score (nSPS) is 32.5. The summed E-state index contributed by atoms with van der Waals surface area (Å²) in [5, 5.41) is 3.76. The van der Waals surface area contributed by atoms with Gasteiger partial charge >= 0.3 is 0 Å². The lowest BCUT2D eigenvalue weighted by atomic mass is 10.1. The molecule has 0 saturated carbocycles. The van der Waals surface area contributed by atoms with Crippen LogP contribution in [0.5, 0.6) is 0 Å². The van der Waals surface area contributed by atoms with Crippen LogP contribution in [-0.2, 0) is 62.3 Å². The number of carbonyl (C=O) groups is 13. The molecular formula is C62H88N16O13. The Morgan fingerprint density at radius 1 is 0.297 bits per heavy atom. The van der Waals surface area contributed by atoms with E-state index in [-0.39, 0.29) is 117 Å². The number of likely N-dealkylation sites (tertiary alicyclic amines) is 12. The monoisotopic (exact) mass is 1260 g/mol. The molecule has 29 heteroatoms. The van der Waals surface area contributed by atoms with E-state index in [0.29, 0.717) is 174 Å². The molecular weight excluding hydrogens is 1180 g/mol. The van der Waals surface area contributed by atoms with E-state index in [2.05, 4.69) is 10.0 Å². The second-order valence-corrected chi connectivity index (χ2v) is 27.3. The number of azide groups is 1. The van der Waals surface area contributed by atoms with Crippen molar-refractivity contribution in [2.24, 2.45) is 10.8 Å². The van der Waals surface area contributed by atoms with Gasteiger partial charge in [0, 0.05) is 90.4 Å². The molecule has 12 fully saturated rings. The van der Waals surface area contributed by atoms with Gasteiger partial charge in [0.05, 0.1) is 6.04 Å². The van der Waals surface area contributed by atoms with Gasteiger partial charge in [-0.25, -0.2) is 0 Å². The van der Waals surface area contributed by atoms with Crippen molar-refractivity contribution in [2.75, 3.05) is 78.5 Å². The Balaban J connectivity index is 0.661. The highest BCUT2D eigenvalue weighted by Gasteiger charge is 2.54. The lowest BCUT2D eigenvalue weighted by molar-refractivity contribution is -0.156. The van der Waals surface area contributed by atoms with Crippen LogP contribution in [0.2, 0.25) is 0 Å². The molecule has 0 unspecified atom stereocenters. The zero-order valence-corrected chi connectivity index (χ0v) is 52.3. The summed E-state index contributed by atoms with van der Waals surface area (Å²) in [6, 6.07) is -10.7. The third-order valence-electron chi connectivity index (χ3n) is 22.3. The van der Waals surface area contributed by atoms with Gasteiger partial charge in [-0.05, 0) is 153 Å². The minimum absolute atomic E-state index is 0.0995. The van der Waals surface area contributed by atoms with Crippen molar-refractivity contribution in [1.82, 2.24) is 58.8 Å². The van der Waals surface area contributed by atoms with Crippen LogP contribution in [0.4, 0.5) is 0 Å². The molecule has 12 rings (SSSR count). The Morgan fingerprint density at radius 2 is 0.473 bits per heavy atom. The van der Waals surface area contributed by atoms with Gasteiger partial charge in [-0.1, -0.05) is 5.11 Å². The van der Waals surface area contributed by atoms with Crippen LogP contribution >= 0.6 is 0 Å². The predicted octanol–water partition coefficient (Wildman–Crippen LogP) is -0.328. The van der Waals surface area contributed by atoms with E-state index < -0.39 is 90.4 Å². The number of amides is 13. The van der Waals surface area contributed by atoms with Gasteiger partial charge in [-0.3, -0.25) is 62.3 Å². The van der Waals surface area contributed by atoms with E-state index in [9.17, 15) is 62.3 Å². The van der Waals surface area contributed by atoms with Gasteiger partial charge in [0.25, 0.3) is 0 Å². The number of hydrogen-bond acceptors (Lipinski definition) is 14. The van der Waals surface area contributed by atoms with Crippen LogP contribution in [0, 0.1) is 0 Å². The summed E-state index contributed by atoms with van der Waals surface area (Å²) in [6.07, 6.45) is 10.5. The second-order valence-electron chi connectivity index (χ2n) is 27.3. The molecule has 12 aliphatic heterocycles. The number of hydrogen-bond donors (Lipinski definition) is 1. The highest BCUT2D eigenvalue weighted by molar-refractivity contribution is 6.01. The molecule has 12 saturated heterocycles. The first-order valence-corrected chi connectivity index (χ1v) is 33.9. The fraction of sp³-hybridized carbons (Fsp3) is 0.790. The van der Waals surface area contributed by atoms with Crippen LogP contribution in [0.3, 0.4) is 0 Å². The van der Waals surface area contributed by atoms with Crippen molar-refractivity contribution in [3.8, 4) is 0 Å². The SMILES string of the molecule is CC(=O)N1C[C@H](N=[N+]=[N-])C[C@H]1C(=O)N1CCC[C@H]1C(=O)N1CCC[C@H]1C(=O)N1CCC[C@H]1C(=O)N1CCC[C@H]1C(=O)N1CCC[C@H]1C(=O)N1CCC[C@H]1C(=O)N1CCC[C@H]1C(=O)N1CCC[C@H]1C(=O)N1CCC[C@H]1C(=O)N1CCC[C@H]1C(=O)N1CCC[C@H]1C(N)=O. The smallest absolute Gasteiger partial charge is 0.246 e. The third-order valence-corrected chi connectivity index (χ3v) is 22.3. The first-order chi connectivity index (χ1) is 43.9. The van der Waals surface area contributed by atoms with E-state index in [1.165, 1.54) is 26.5 Å². The fourth-order valence-electron chi connectivity index (χ4n) is 17.9. The number of nitrogens with zero attached hydrogens (tertiary/aromatic N) is 15. The van der Waals surface area contributed by atoms with Crippen LogP contribution in [0.25, 0.3) is 10.4 Å². The van der Waals surface area contributed by atoms with Crippen molar-refractivity contribution >= 4 is 76.8 Å². The van der Waals surface area contributed by atoms with Crippen molar-refractivity contribution in [1.29, 1.82) is 0 Å². The van der Waals surface area contributed by atoms with Gasteiger partial charge in [-0.15, -0.1) is 0 Å². The molecule has 12 aliphatic rings. The van der Waals surface area contributed by atoms with Gasteiger partial charge < -0.3 is 64.5 Å². The van der Waals surface area contributed by atoms with E-state index >= 15 is 0 Å². The summed E-state index contributed by atoms with van der Waals surface area (Å²) in [5.74, 6) is -4.79. The van der Waals surface area contributed by atoms with E-state index in [1.54, 1.807) is 39.2 Å². The van der Waals surface area contributed by atoms with Crippen molar-refractivity contribution < 1.29 is 62.3 Å². The third kappa shape index (κ3) is 11.7. The van der Waals surface area contributed by atoms with Gasteiger partial charge in [0.1, 0.15) is 72.5 Å². The second kappa shape index (κ2) is 26.6. The lowest BCUT2D eigenvalue weighted by Gasteiger charge is -2.38. The van der Waals surface area contributed by atoms with Crippen LogP contribution in [-0.4, -0.2) is 293 Å². The highest BCUT2D eigenvalue weighted by Crippen LogP contribution is 2.37. The largest absolute Gasteiger partial charge is 0.368 e. The number of primary amides is 1. The summed E-state index contributed by atoms with van der Waals surface area (Å²) in [6.45, 7) is 4.76. The van der Waals surface area contributed by atoms with Crippen molar-refractivity contribution in [3.63, 3.8) is 0 Å². The van der Waals surface area contributed by atoms with Crippen LogP contribution < -0.4 is 5.73 Å². The topological polar surface area (TPSA) is 336 Å². The van der Waals surface area contributed by atoms with E-state index in [0.717, 1.165) is 0 Å². The van der Waals surface area contributed by atoms with E-state index in [1.807, 2.05) is 0 Å². The molecule has 0 bridgehead atoms. The average molecular weight is 1270 g/mol. The molecule has 494 valence electrons. The zero-order chi connectivity index (χ0) is 64.1. The molecule has 0 aromatic rings. The van der Waals surface area contributed by atoms with Crippen molar-refractivity contribution in [2.45, 2.75) is 233 Å². The fourth-order valence-corrected chi connectivity index (χ4v) is 17.9. The first-order valence-electron chi connectivity index (χ1n) is 33.9. The Morgan fingerprint density at radius 3 is 0.648 bits per heavy atom. The molecule has 2 N–H and O–H groups in total. The lowest BCUT2D eigenvalue weighted by Crippen LogP contribution is -2.59. The first kappa shape index (κ1) is 63.6. The summed E-state index contributed by atoms with van der Waals surface area (Å²) in [4.78, 5) is 206. The maximum atomic E-state index is 14.9. The number of carbonyl (C=O) groups excluding carboxylic acids is 13. The molecule has 91 heavy (non-hydrogen) atoms. The molecule has 29 nitrogen and oxygen atoms in total. The maximum Gasteiger partial charge on any atom is 0.246 e. The molecule has 0 aromatic heterocycles. The minimum Gasteiger partial charge on any atom is -0.368 e. The summed E-state index contributed by atoms with van der Waals surface area (Å²) < 4.78 is 0. The minimum atomic E-state index is -0.886. The standard InChI is InChI=1S/C62H88N16O13/c1-37(79)78-36-38(65-66-64)35-50(78)62(91)77-34-12-23-49(77)61(90)76-33-11-22-48(76)60(89)75-32-10-21-47(75)59(88)74-31-9-20-46(74)58(87)73-30-8-19-45(73)57(86)72-29-7-18-44(72)56(85)71-28-6-17-43(71)55(84)70-27-5-16-42(70)54(83)69-26-4-15-41(69)53(82)68-25-3-14-40(68)52(81)67-24-2-13-39(67)51(63)80/h38-50H,2-36H2,1H3,(H2,63,80)/t38-,39+,40+,41+,42+,43+,44+,45+,46+,47+,48+,49+,50+/m1/s1. The average Bonchev–Trinajstić information content (AvgIpc) is 1.91. The van der Waals surface area contributed by atoms with Crippen LogP contribution in [0.1, 0.15) is 155 Å².